The van der Waals surface area contributed by atoms with Crippen LogP contribution in [0.3, 0.4) is 0 Å². The van der Waals surface area contributed by atoms with Crippen LogP contribution in [0.15, 0.2) is 85.6 Å². The van der Waals surface area contributed by atoms with Crippen LogP contribution >= 0.6 is 0 Å². The smallest absolute Gasteiger partial charge is 0.348 e. The van der Waals surface area contributed by atoms with E-state index in [1.165, 1.54) is 6.07 Å². The maximum Gasteiger partial charge on any atom is 0.416 e. The highest BCUT2D eigenvalue weighted by Crippen LogP contribution is 2.31. The van der Waals surface area contributed by atoms with Crippen LogP contribution < -0.4 is 5.32 Å². The minimum Gasteiger partial charge on any atom is -0.348 e. The zero-order chi connectivity index (χ0) is 23.7. The monoisotopic (exact) mass is 460 g/mol. The molecule has 6 nitrogen and oxygen atoms in total. The molecule has 0 aliphatic heterocycles. The second-order valence-electron chi connectivity index (χ2n) is 7.78. The van der Waals surface area contributed by atoms with Gasteiger partial charge < -0.3 is 5.32 Å². The number of anilines is 1. The molecule has 2 aromatic carbocycles. The van der Waals surface area contributed by atoms with Crippen molar-refractivity contribution in [1.29, 1.82) is 0 Å². The van der Waals surface area contributed by atoms with Crippen molar-refractivity contribution in [2.75, 3.05) is 5.32 Å². The first kappa shape index (κ1) is 21.6. The third-order valence-corrected chi connectivity index (χ3v) is 5.51. The molecule has 34 heavy (non-hydrogen) atoms. The second kappa shape index (κ2) is 8.58. The third kappa shape index (κ3) is 4.32. The summed E-state index contributed by atoms with van der Waals surface area (Å²) >= 11 is 0. The average molecular weight is 460 g/mol. The Morgan fingerprint density at radius 1 is 0.882 bits per heavy atom. The highest BCUT2D eigenvalue weighted by atomic mass is 19.4. The number of fused-ring (bicyclic) bond motifs is 1. The summed E-state index contributed by atoms with van der Waals surface area (Å²) in [5, 5.41) is 3.09. The molecule has 5 aromatic rings. The van der Waals surface area contributed by atoms with Crippen molar-refractivity contribution in [3.05, 3.63) is 96.7 Å². The van der Waals surface area contributed by atoms with Crippen LogP contribution in [-0.4, -0.2) is 24.5 Å². The van der Waals surface area contributed by atoms with E-state index in [4.69, 9.17) is 0 Å². The first-order valence-electron chi connectivity index (χ1n) is 10.5. The van der Waals surface area contributed by atoms with E-state index in [1.54, 1.807) is 44.0 Å². The molecule has 3 aromatic heterocycles. The van der Waals surface area contributed by atoms with Crippen molar-refractivity contribution in [2.24, 2.45) is 0 Å². The van der Waals surface area contributed by atoms with Crippen LogP contribution in [0.1, 0.15) is 24.1 Å². The molecule has 0 saturated carbocycles. The maximum atomic E-state index is 13.1. The van der Waals surface area contributed by atoms with Gasteiger partial charge in [-0.25, -0.2) is 9.97 Å². The van der Waals surface area contributed by atoms with E-state index in [0.29, 0.717) is 17.3 Å². The van der Waals surface area contributed by atoms with Crippen LogP contribution in [0.25, 0.3) is 28.0 Å². The number of hydrogen-bond donors (Lipinski definition) is 1. The van der Waals surface area contributed by atoms with Gasteiger partial charge in [0.1, 0.15) is 12.1 Å². The highest BCUT2D eigenvalue weighted by molar-refractivity contribution is 5.83. The largest absolute Gasteiger partial charge is 0.416 e. The number of nitrogens with zero attached hydrogens (tertiary/aromatic N) is 5. The summed E-state index contributed by atoms with van der Waals surface area (Å²) in [6.45, 7) is 1.76. The van der Waals surface area contributed by atoms with Crippen molar-refractivity contribution in [3.8, 4) is 16.9 Å². The van der Waals surface area contributed by atoms with Gasteiger partial charge in [0, 0.05) is 18.6 Å². The molecule has 0 saturated heterocycles. The van der Waals surface area contributed by atoms with E-state index in [0.717, 1.165) is 34.3 Å². The van der Waals surface area contributed by atoms with Crippen LogP contribution in [0.2, 0.25) is 0 Å². The SMILES string of the molecule is C[C@H](Nc1nccc(-n2cnc3cc(-c4ccncc4)ccc32)n1)c1cccc(C(F)(F)F)c1. The Hall–Kier alpha value is -4.27. The van der Waals surface area contributed by atoms with Gasteiger partial charge in [-0.1, -0.05) is 18.2 Å². The maximum absolute atomic E-state index is 13.1. The summed E-state index contributed by atoms with van der Waals surface area (Å²) in [5.41, 5.74) is 3.54. The molecular weight excluding hydrogens is 441 g/mol. The van der Waals surface area contributed by atoms with E-state index in [2.05, 4.69) is 25.3 Å². The number of nitrogens with one attached hydrogen (secondary N) is 1. The van der Waals surface area contributed by atoms with Crippen molar-refractivity contribution in [2.45, 2.75) is 19.1 Å². The Morgan fingerprint density at radius 2 is 1.71 bits per heavy atom. The molecule has 0 radical (unpaired) electrons. The Bertz CT molecular complexity index is 1450. The van der Waals surface area contributed by atoms with E-state index >= 15 is 0 Å². The van der Waals surface area contributed by atoms with Crippen LogP contribution in [0, 0.1) is 0 Å². The van der Waals surface area contributed by atoms with Crippen molar-refractivity contribution >= 4 is 17.0 Å². The Balaban J connectivity index is 1.41. The molecule has 3 heterocycles. The Labute approximate surface area is 193 Å². The van der Waals surface area contributed by atoms with Crippen LogP contribution in [0.5, 0.6) is 0 Å². The summed E-state index contributed by atoms with van der Waals surface area (Å²) in [5.74, 6) is 0.894. The molecule has 0 unspecified atom stereocenters. The summed E-state index contributed by atoms with van der Waals surface area (Å²) in [6.07, 6.45) is 2.37. The molecule has 9 heteroatoms. The number of benzene rings is 2. The lowest BCUT2D eigenvalue weighted by Gasteiger charge is -2.16. The number of hydrogen-bond acceptors (Lipinski definition) is 5. The quantitative estimate of drug-likeness (QED) is 0.345. The van der Waals surface area contributed by atoms with E-state index in [9.17, 15) is 13.2 Å². The fraction of sp³-hybridized carbons (Fsp3) is 0.120. The predicted molar refractivity (Wildman–Crippen MR) is 123 cm³/mol. The van der Waals surface area contributed by atoms with Gasteiger partial charge in [-0.3, -0.25) is 9.55 Å². The van der Waals surface area contributed by atoms with Gasteiger partial charge in [-0.2, -0.15) is 18.2 Å². The molecular formula is C25H19F3N6. The summed E-state index contributed by atoms with van der Waals surface area (Å²) in [4.78, 5) is 17.4. The molecule has 0 fully saturated rings. The number of aromatic nitrogens is 5. The molecule has 0 amide bonds. The number of imidazole rings is 1. The van der Waals surface area contributed by atoms with Crippen molar-refractivity contribution in [1.82, 2.24) is 24.5 Å². The lowest BCUT2D eigenvalue weighted by Crippen LogP contribution is -2.12. The standard InChI is InChI=1S/C25H19F3N6/c1-16(18-3-2-4-20(13-18)25(26,27)28)32-24-30-12-9-23(33-24)34-15-31-21-14-19(5-6-22(21)34)17-7-10-29-11-8-17/h2-16H,1H3,(H,30,32,33)/t16-/m0/s1. The Kier molecular flexibility index (Phi) is 5.45. The van der Waals surface area contributed by atoms with E-state index in [1.807, 2.05) is 34.9 Å². The number of alkyl halides is 3. The number of rotatable bonds is 5. The van der Waals surface area contributed by atoms with Crippen molar-refractivity contribution in [3.63, 3.8) is 0 Å². The lowest BCUT2D eigenvalue weighted by atomic mass is 10.1. The van der Waals surface area contributed by atoms with E-state index < -0.39 is 17.8 Å². The fourth-order valence-corrected chi connectivity index (χ4v) is 3.73. The topological polar surface area (TPSA) is 68.5 Å². The van der Waals surface area contributed by atoms with Gasteiger partial charge in [0.05, 0.1) is 22.6 Å². The molecule has 1 atom stereocenters. The Morgan fingerprint density at radius 3 is 2.50 bits per heavy atom. The predicted octanol–water partition coefficient (Wildman–Crippen LogP) is 6.07. The zero-order valence-electron chi connectivity index (χ0n) is 18.0. The highest BCUT2D eigenvalue weighted by Gasteiger charge is 2.30. The molecule has 5 rings (SSSR count). The normalized spacial score (nSPS) is 12.6. The minimum atomic E-state index is -4.40. The van der Waals surface area contributed by atoms with Crippen molar-refractivity contribution < 1.29 is 13.2 Å². The fourth-order valence-electron chi connectivity index (χ4n) is 3.73. The van der Waals surface area contributed by atoms with E-state index in [-0.39, 0.29) is 0 Å². The third-order valence-electron chi connectivity index (χ3n) is 5.51. The molecule has 170 valence electrons. The van der Waals surface area contributed by atoms with Gasteiger partial charge in [-0.15, -0.1) is 0 Å². The van der Waals surface area contributed by atoms with Gasteiger partial charge in [0.2, 0.25) is 5.95 Å². The molecule has 0 aliphatic rings. The van der Waals surface area contributed by atoms with Gasteiger partial charge in [0.25, 0.3) is 0 Å². The number of halogens is 3. The van der Waals surface area contributed by atoms with Gasteiger partial charge in [-0.05, 0) is 66.1 Å². The van der Waals surface area contributed by atoms with Gasteiger partial charge in [0.15, 0.2) is 0 Å². The minimum absolute atomic E-state index is 0.303. The first-order valence-corrected chi connectivity index (χ1v) is 10.5. The van der Waals surface area contributed by atoms with Crippen LogP contribution in [0.4, 0.5) is 19.1 Å². The molecule has 1 N–H and O–H groups in total. The van der Waals surface area contributed by atoms with Gasteiger partial charge >= 0.3 is 6.18 Å². The van der Waals surface area contributed by atoms with Crippen LogP contribution in [-0.2, 0) is 6.18 Å². The zero-order valence-corrected chi connectivity index (χ0v) is 18.0. The summed E-state index contributed by atoms with van der Waals surface area (Å²) < 4.78 is 41.0. The lowest BCUT2D eigenvalue weighted by molar-refractivity contribution is -0.137. The number of pyridine rings is 1. The summed E-state index contributed by atoms with van der Waals surface area (Å²) in [6, 6.07) is 16.4. The first-order chi connectivity index (χ1) is 16.4. The molecule has 0 aliphatic carbocycles. The molecule has 0 bridgehead atoms. The molecule has 0 spiro atoms. The second-order valence-corrected chi connectivity index (χ2v) is 7.78. The average Bonchev–Trinajstić information content (AvgIpc) is 3.28. The summed E-state index contributed by atoms with van der Waals surface area (Å²) in [7, 11) is 0.